The first-order valence-corrected chi connectivity index (χ1v) is 8.24. The van der Waals surface area contributed by atoms with E-state index in [9.17, 15) is 14.4 Å². The molecular formula is C17H14Cl2N2O5. The lowest BCUT2D eigenvalue weighted by atomic mass is 10.2. The maximum atomic E-state index is 12.4. The van der Waals surface area contributed by atoms with Crippen LogP contribution in [0.4, 0.5) is 5.69 Å². The Balaban J connectivity index is 2.14. The van der Waals surface area contributed by atoms with Crippen LogP contribution >= 0.6 is 23.2 Å². The number of hydrogen-bond donors (Lipinski definition) is 2. The van der Waals surface area contributed by atoms with E-state index in [2.05, 4.69) is 10.3 Å². The number of carboxylic acid groups (broad SMARTS) is 1. The second-order valence-electron chi connectivity index (χ2n) is 5.13. The van der Waals surface area contributed by atoms with Crippen LogP contribution < -0.4 is 5.32 Å². The summed E-state index contributed by atoms with van der Waals surface area (Å²) in [7, 11) is 0. The van der Waals surface area contributed by atoms with Gasteiger partial charge in [0.15, 0.2) is 6.10 Å². The molecule has 0 aliphatic rings. The lowest BCUT2D eigenvalue weighted by Crippen LogP contribution is -2.32. The number of carboxylic acids is 1. The summed E-state index contributed by atoms with van der Waals surface area (Å²) < 4.78 is 5.18. The molecule has 1 aromatic carbocycles. The number of pyridine rings is 1. The van der Waals surface area contributed by atoms with Crippen molar-refractivity contribution in [3.05, 3.63) is 57.8 Å². The quantitative estimate of drug-likeness (QED) is 0.569. The highest BCUT2D eigenvalue weighted by Gasteiger charge is 2.24. The molecule has 136 valence electrons. The maximum absolute atomic E-state index is 12.4. The minimum Gasteiger partial charge on any atom is -0.478 e. The summed E-state index contributed by atoms with van der Waals surface area (Å²) >= 11 is 11.8. The lowest BCUT2D eigenvalue weighted by Gasteiger charge is -2.17. The number of halogens is 2. The molecule has 0 aliphatic carbocycles. The zero-order chi connectivity index (χ0) is 19.3. The summed E-state index contributed by atoms with van der Waals surface area (Å²) in [6.07, 6.45) is 0.482. The zero-order valence-electron chi connectivity index (χ0n) is 13.5. The fourth-order valence-corrected chi connectivity index (χ4v) is 2.38. The van der Waals surface area contributed by atoms with Gasteiger partial charge in [-0.15, -0.1) is 0 Å². The van der Waals surface area contributed by atoms with Crippen LogP contribution in [0.5, 0.6) is 0 Å². The number of carbonyl (C=O) groups excluding carboxylic acids is 2. The third-order valence-corrected chi connectivity index (χ3v) is 3.99. The second-order valence-corrected chi connectivity index (χ2v) is 5.90. The van der Waals surface area contributed by atoms with Crippen LogP contribution in [-0.2, 0) is 9.53 Å². The molecule has 0 aliphatic heterocycles. The van der Waals surface area contributed by atoms with Crippen molar-refractivity contribution < 1.29 is 24.2 Å². The van der Waals surface area contributed by atoms with Crippen molar-refractivity contribution in [1.29, 1.82) is 0 Å². The van der Waals surface area contributed by atoms with Gasteiger partial charge in [0.2, 0.25) is 0 Å². The maximum Gasteiger partial charge on any atom is 0.342 e. The summed E-state index contributed by atoms with van der Waals surface area (Å²) in [6.45, 7) is 1.65. The van der Waals surface area contributed by atoms with E-state index in [4.69, 9.17) is 33.0 Å². The summed E-state index contributed by atoms with van der Waals surface area (Å²) in [5.41, 5.74) is 0.0914. The lowest BCUT2D eigenvalue weighted by molar-refractivity contribution is -0.124. The summed E-state index contributed by atoms with van der Waals surface area (Å²) in [5, 5.41) is 11.6. The largest absolute Gasteiger partial charge is 0.478 e. The Morgan fingerprint density at radius 2 is 2.00 bits per heavy atom. The van der Waals surface area contributed by atoms with E-state index in [-0.39, 0.29) is 33.4 Å². The van der Waals surface area contributed by atoms with Gasteiger partial charge in [-0.1, -0.05) is 30.1 Å². The number of aromatic carboxylic acids is 1. The van der Waals surface area contributed by atoms with Gasteiger partial charge in [-0.05, 0) is 36.8 Å². The van der Waals surface area contributed by atoms with Crippen molar-refractivity contribution in [3.8, 4) is 0 Å². The molecule has 0 spiro atoms. The van der Waals surface area contributed by atoms with E-state index in [1.807, 2.05) is 0 Å². The minimum absolute atomic E-state index is 0.0336. The third-order valence-electron chi connectivity index (χ3n) is 3.36. The Bertz CT molecular complexity index is 857. The topological polar surface area (TPSA) is 106 Å². The van der Waals surface area contributed by atoms with Gasteiger partial charge in [0, 0.05) is 6.20 Å². The third kappa shape index (κ3) is 4.71. The molecular weight excluding hydrogens is 383 g/mol. The normalized spacial score (nSPS) is 11.5. The second kappa shape index (κ2) is 8.64. The molecule has 0 radical (unpaired) electrons. The number of esters is 1. The first-order valence-electron chi connectivity index (χ1n) is 7.48. The average Bonchev–Trinajstić information content (AvgIpc) is 2.61. The summed E-state index contributed by atoms with van der Waals surface area (Å²) in [5.74, 6) is -2.61. The highest BCUT2D eigenvalue weighted by molar-refractivity contribution is 6.34. The molecule has 1 amide bonds. The zero-order valence-corrected chi connectivity index (χ0v) is 15.0. The fourth-order valence-electron chi connectivity index (χ4n) is 2.02. The molecule has 0 saturated carbocycles. The molecule has 0 bridgehead atoms. The van der Waals surface area contributed by atoms with Crippen LogP contribution in [0.2, 0.25) is 10.2 Å². The van der Waals surface area contributed by atoms with Gasteiger partial charge in [0.1, 0.15) is 5.15 Å². The Labute approximate surface area is 158 Å². The van der Waals surface area contributed by atoms with Gasteiger partial charge < -0.3 is 15.2 Å². The number of anilines is 1. The van der Waals surface area contributed by atoms with Crippen molar-refractivity contribution in [2.45, 2.75) is 19.4 Å². The van der Waals surface area contributed by atoms with Gasteiger partial charge in [0.05, 0.1) is 21.8 Å². The SMILES string of the molecule is CCC(OC(=O)c1cccnc1Cl)C(=O)Nc1cc(C(=O)O)ccc1Cl. The highest BCUT2D eigenvalue weighted by Crippen LogP contribution is 2.24. The van der Waals surface area contributed by atoms with Crippen LogP contribution in [0, 0.1) is 0 Å². The number of rotatable bonds is 6. The van der Waals surface area contributed by atoms with Gasteiger partial charge in [0.25, 0.3) is 5.91 Å². The average molecular weight is 397 g/mol. The number of nitrogens with zero attached hydrogens (tertiary/aromatic N) is 1. The highest BCUT2D eigenvalue weighted by atomic mass is 35.5. The number of carbonyl (C=O) groups is 3. The summed E-state index contributed by atoms with van der Waals surface area (Å²) in [6, 6.07) is 6.82. The molecule has 7 nitrogen and oxygen atoms in total. The van der Waals surface area contributed by atoms with Gasteiger partial charge in [-0.25, -0.2) is 14.6 Å². The van der Waals surface area contributed by atoms with Crippen LogP contribution in [0.25, 0.3) is 0 Å². The molecule has 2 aromatic rings. The first-order chi connectivity index (χ1) is 12.3. The fraction of sp³-hybridized carbons (Fsp3) is 0.176. The van der Waals surface area contributed by atoms with Crippen molar-refractivity contribution in [2.75, 3.05) is 5.32 Å². The van der Waals surface area contributed by atoms with E-state index in [0.29, 0.717) is 0 Å². The Morgan fingerprint density at radius 3 is 2.62 bits per heavy atom. The Hall–Kier alpha value is -2.64. The number of benzene rings is 1. The standard InChI is InChI=1S/C17H14Cl2N2O5/c1-2-13(26-17(25)10-4-3-7-20-14(10)19)15(22)21-12-8-9(16(23)24)5-6-11(12)18/h3-8,13H,2H2,1H3,(H,21,22)(H,23,24). The Morgan fingerprint density at radius 1 is 1.27 bits per heavy atom. The summed E-state index contributed by atoms with van der Waals surface area (Å²) in [4.78, 5) is 39.4. The Kier molecular flexibility index (Phi) is 6.54. The smallest absolute Gasteiger partial charge is 0.342 e. The van der Waals surface area contributed by atoms with Crippen LogP contribution in [0.3, 0.4) is 0 Å². The number of ether oxygens (including phenoxy) is 1. The van der Waals surface area contributed by atoms with Crippen molar-refractivity contribution in [1.82, 2.24) is 4.98 Å². The van der Waals surface area contributed by atoms with Crippen molar-refractivity contribution in [3.63, 3.8) is 0 Å². The van der Waals surface area contributed by atoms with Gasteiger partial charge in [-0.3, -0.25) is 4.79 Å². The molecule has 2 rings (SSSR count). The van der Waals surface area contributed by atoms with E-state index in [1.54, 1.807) is 6.92 Å². The molecule has 2 N–H and O–H groups in total. The van der Waals surface area contributed by atoms with E-state index >= 15 is 0 Å². The van der Waals surface area contributed by atoms with Crippen LogP contribution in [0.15, 0.2) is 36.5 Å². The molecule has 26 heavy (non-hydrogen) atoms. The molecule has 1 aromatic heterocycles. The van der Waals surface area contributed by atoms with Crippen molar-refractivity contribution >= 4 is 46.7 Å². The monoisotopic (exact) mass is 396 g/mol. The number of aromatic nitrogens is 1. The predicted octanol–water partition coefficient (Wildman–Crippen LogP) is 3.66. The van der Waals surface area contributed by atoms with E-state index in [0.717, 1.165) is 0 Å². The number of nitrogens with one attached hydrogen (secondary N) is 1. The van der Waals surface area contributed by atoms with Gasteiger partial charge >= 0.3 is 11.9 Å². The van der Waals surface area contributed by atoms with E-state index < -0.39 is 23.9 Å². The number of amides is 1. The van der Waals surface area contributed by atoms with Crippen molar-refractivity contribution in [2.24, 2.45) is 0 Å². The molecule has 1 unspecified atom stereocenters. The molecule has 0 saturated heterocycles. The van der Waals surface area contributed by atoms with Crippen LogP contribution in [0.1, 0.15) is 34.1 Å². The molecule has 9 heteroatoms. The van der Waals surface area contributed by atoms with Crippen LogP contribution in [-0.4, -0.2) is 34.0 Å². The molecule has 1 heterocycles. The molecule has 1 atom stereocenters. The first kappa shape index (κ1) is 19.7. The number of hydrogen-bond acceptors (Lipinski definition) is 5. The predicted molar refractivity (Wildman–Crippen MR) is 95.8 cm³/mol. The van der Waals surface area contributed by atoms with Gasteiger partial charge in [-0.2, -0.15) is 0 Å². The molecule has 0 fully saturated rings. The van der Waals surface area contributed by atoms with E-state index in [1.165, 1.54) is 36.5 Å². The minimum atomic E-state index is -1.16.